The molecule has 0 saturated carbocycles. The van der Waals surface area contributed by atoms with Crippen LogP contribution in [0.4, 0.5) is 0 Å². The number of ether oxygens (including phenoxy) is 1. The number of nitrogens with zero attached hydrogens (tertiary/aromatic N) is 2. The van der Waals surface area contributed by atoms with Gasteiger partial charge in [0, 0.05) is 25.2 Å². The van der Waals surface area contributed by atoms with Crippen molar-refractivity contribution in [3.8, 4) is 5.75 Å². The fourth-order valence-corrected chi connectivity index (χ4v) is 3.39. The number of methoxy groups -OCH3 is 1. The van der Waals surface area contributed by atoms with Crippen molar-refractivity contribution < 1.29 is 9.53 Å². The Kier molecular flexibility index (Phi) is 9.93. The van der Waals surface area contributed by atoms with Crippen molar-refractivity contribution in [3.63, 3.8) is 0 Å². The van der Waals surface area contributed by atoms with Gasteiger partial charge in [0.25, 0.3) is 5.91 Å². The molecule has 1 heterocycles. The van der Waals surface area contributed by atoms with Gasteiger partial charge < -0.3 is 20.7 Å². The summed E-state index contributed by atoms with van der Waals surface area (Å²) < 4.78 is 5.16. The summed E-state index contributed by atoms with van der Waals surface area (Å²) in [4.78, 5) is 18.8. The first-order valence-corrected chi connectivity index (χ1v) is 10.2. The Balaban J connectivity index is 0.00000320. The van der Waals surface area contributed by atoms with E-state index in [9.17, 15) is 4.79 Å². The minimum atomic E-state index is 0. The monoisotopic (exact) mass is 522 g/mol. The zero-order chi connectivity index (χ0) is 20.5. The van der Waals surface area contributed by atoms with Crippen LogP contribution in [0.5, 0.6) is 5.75 Å². The zero-order valence-electron chi connectivity index (χ0n) is 17.5. The topological polar surface area (TPSA) is 80.0 Å². The van der Waals surface area contributed by atoms with Gasteiger partial charge in [-0.25, -0.2) is 4.99 Å². The SMILES string of the molecule is COc1ccc(CCNC(N)=NCc2ccc(C(=O)N3CCCCC3)cc2)cc1.I. The number of rotatable bonds is 7. The molecule has 1 aliphatic heterocycles. The van der Waals surface area contributed by atoms with Crippen LogP contribution in [-0.2, 0) is 13.0 Å². The molecule has 3 N–H and O–H groups in total. The van der Waals surface area contributed by atoms with Crippen molar-refractivity contribution in [1.29, 1.82) is 0 Å². The van der Waals surface area contributed by atoms with Crippen molar-refractivity contribution >= 4 is 35.8 Å². The van der Waals surface area contributed by atoms with Crippen LogP contribution in [0.25, 0.3) is 0 Å². The number of benzene rings is 2. The number of piperidine rings is 1. The molecule has 0 radical (unpaired) electrons. The number of nitrogens with two attached hydrogens (primary N) is 1. The third-order valence-corrected chi connectivity index (χ3v) is 5.15. The Bertz CT molecular complexity index is 816. The number of amides is 1. The van der Waals surface area contributed by atoms with Crippen molar-refractivity contribution in [3.05, 3.63) is 65.2 Å². The molecule has 0 aliphatic carbocycles. The van der Waals surface area contributed by atoms with Gasteiger partial charge in [-0.05, 0) is 61.1 Å². The largest absolute Gasteiger partial charge is 0.497 e. The van der Waals surface area contributed by atoms with Crippen LogP contribution in [0.1, 0.15) is 40.7 Å². The number of aliphatic imine (C=N–C) groups is 1. The maximum absolute atomic E-state index is 12.5. The zero-order valence-corrected chi connectivity index (χ0v) is 19.8. The van der Waals surface area contributed by atoms with E-state index < -0.39 is 0 Å². The summed E-state index contributed by atoms with van der Waals surface area (Å²) in [5, 5.41) is 3.14. The Morgan fingerprint density at radius 3 is 2.30 bits per heavy atom. The number of guanidine groups is 1. The highest BCUT2D eigenvalue weighted by atomic mass is 127. The normalized spacial score (nSPS) is 14.0. The fourth-order valence-electron chi connectivity index (χ4n) is 3.39. The second kappa shape index (κ2) is 12.4. The van der Waals surface area contributed by atoms with Gasteiger partial charge in [-0.15, -0.1) is 24.0 Å². The predicted octanol–water partition coefficient (Wildman–Crippen LogP) is 3.59. The van der Waals surface area contributed by atoms with Gasteiger partial charge in [0.2, 0.25) is 0 Å². The molecule has 2 aromatic carbocycles. The van der Waals surface area contributed by atoms with Crippen LogP contribution in [0.2, 0.25) is 0 Å². The summed E-state index contributed by atoms with van der Waals surface area (Å²) in [6.45, 7) is 2.93. The number of halogens is 1. The van der Waals surface area contributed by atoms with E-state index in [1.165, 1.54) is 12.0 Å². The van der Waals surface area contributed by atoms with Gasteiger partial charge >= 0.3 is 0 Å². The molecule has 1 saturated heterocycles. The second-order valence-corrected chi connectivity index (χ2v) is 7.28. The lowest BCUT2D eigenvalue weighted by atomic mass is 10.1. The number of carbonyl (C=O) groups is 1. The molecule has 0 atom stereocenters. The molecule has 1 aliphatic rings. The molecule has 162 valence electrons. The molecule has 1 fully saturated rings. The highest BCUT2D eigenvalue weighted by Crippen LogP contribution is 2.14. The number of carbonyl (C=O) groups excluding carboxylic acids is 1. The Morgan fingerprint density at radius 2 is 1.67 bits per heavy atom. The first-order chi connectivity index (χ1) is 14.2. The average molecular weight is 522 g/mol. The Labute approximate surface area is 195 Å². The van der Waals surface area contributed by atoms with Gasteiger partial charge in [0.05, 0.1) is 13.7 Å². The second-order valence-electron chi connectivity index (χ2n) is 7.28. The van der Waals surface area contributed by atoms with Crippen molar-refractivity contribution in [2.45, 2.75) is 32.2 Å². The van der Waals surface area contributed by atoms with E-state index in [0.29, 0.717) is 19.0 Å². The van der Waals surface area contributed by atoms with Crippen LogP contribution in [0.15, 0.2) is 53.5 Å². The number of hydrogen-bond acceptors (Lipinski definition) is 3. The van der Waals surface area contributed by atoms with Gasteiger partial charge in [0.15, 0.2) is 5.96 Å². The summed E-state index contributed by atoms with van der Waals surface area (Å²) in [6, 6.07) is 15.7. The third-order valence-electron chi connectivity index (χ3n) is 5.15. The van der Waals surface area contributed by atoms with E-state index in [1.807, 2.05) is 53.4 Å². The van der Waals surface area contributed by atoms with Gasteiger partial charge in [-0.1, -0.05) is 24.3 Å². The highest BCUT2D eigenvalue weighted by molar-refractivity contribution is 14.0. The molecule has 0 aromatic heterocycles. The summed E-state index contributed by atoms with van der Waals surface area (Å²) in [6.07, 6.45) is 4.27. The van der Waals surface area contributed by atoms with E-state index in [-0.39, 0.29) is 29.9 Å². The lowest BCUT2D eigenvalue weighted by molar-refractivity contribution is 0.0724. The fraction of sp³-hybridized carbons (Fsp3) is 0.391. The van der Waals surface area contributed by atoms with E-state index in [2.05, 4.69) is 10.3 Å². The maximum atomic E-state index is 12.5. The standard InChI is InChI=1S/C23H30N4O2.HI/c1-29-21-11-7-18(8-12-21)13-14-25-23(24)26-17-19-5-9-20(10-6-19)22(28)27-15-3-2-4-16-27;/h5-12H,2-4,13-17H2,1H3,(H3,24,25,26);1H. The molecule has 30 heavy (non-hydrogen) atoms. The lowest BCUT2D eigenvalue weighted by Crippen LogP contribution is -2.35. The number of likely N-dealkylation sites (tertiary alicyclic amines) is 1. The maximum Gasteiger partial charge on any atom is 0.253 e. The summed E-state index contributed by atoms with van der Waals surface area (Å²) in [7, 11) is 1.66. The number of hydrogen-bond donors (Lipinski definition) is 2. The van der Waals surface area contributed by atoms with Crippen molar-refractivity contribution in [2.24, 2.45) is 10.7 Å². The van der Waals surface area contributed by atoms with Crippen LogP contribution < -0.4 is 15.8 Å². The van der Waals surface area contributed by atoms with Gasteiger partial charge in [0.1, 0.15) is 5.75 Å². The number of nitrogens with one attached hydrogen (secondary N) is 1. The van der Waals surface area contributed by atoms with E-state index in [4.69, 9.17) is 10.5 Å². The summed E-state index contributed by atoms with van der Waals surface area (Å²) in [5.74, 6) is 1.40. The Hall–Kier alpha value is -2.29. The summed E-state index contributed by atoms with van der Waals surface area (Å²) >= 11 is 0. The molecule has 0 unspecified atom stereocenters. The highest BCUT2D eigenvalue weighted by Gasteiger charge is 2.17. The smallest absolute Gasteiger partial charge is 0.253 e. The van der Waals surface area contributed by atoms with Gasteiger partial charge in [-0.2, -0.15) is 0 Å². The van der Waals surface area contributed by atoms with E-state index in [1.54, 1.807) is 7.11 Å². The summed E-state index contributed by atoms with van der Waals surface area (Å²) in [5.41, 5.74) is 8.94. The molecule has 7 heteroatoms. The van der Waals surface area contributed by atoms with Gasteiger partial charge in [-0.3, -0.25) is 4.79 Å². The lowest BCUT2D eigenvalue weighted by Gasteiger charge is -2.26. The first-order valence-electron chi connectivity index (χ1n) is 10.2. The predicted molar refractivity (Wildman–Crippen MR) is 132 cm³/mol. The van der Waals surface area contributed by atoms with Crippen LogP contribution in [-0.4, -0.2) is 43.5 Å². The average Bonchev–Trinajstić information content (AvgIpc) is 2.78. The quantitative estimate of drug-likeness (QED) is 0.331. The van der Waals surface area contributed by atoms with E-state index >= 15 is 0 Å². The molecule has 0 bridgehead atoms. The van der Waals surface area contributed by atoms with E-state index in [0.717, 1.165) is 49.2 Å². The molecule has 3 rings (SSSR count). The minimum absolute atomic E-state index is 0. The molecule has 0 spiro atoms. The van der Waals surface area contributed by atoms with Crippen LogP contribution >= 0.6 is 24.0 Å². The molecule has 6 nitrogen and oxygen atoms in total. The first kappa shape index (κ1) is 24.0. The minimum Gasteiger partial charge on any atom is -0.497 e. The van der Waals surface area contributed by atoms with Crippen molar-refractivity contribution in [1.82, 2.24) is 10.2 Å². The molecular formula is C23H31IN4O2. The molecular weight excluding hydrogens is 491 g/mol. The van der Waals surface area contributed by atoms with Crippen LogP contribution in [0.3, 0.4) is 0 Å². The molecule has 2 aromatic rings. The Morgan fingerprint density at radius 1 is 1.03 bits per heavy atom. The third kappa shape index (κ3) is 7.19. The van der Waals surface area contributed by atoms with Crippen LogP contribution in [0, 0.1) is 0 Å². The van der Waals surface area contributed by atoms with Crippen molar-refractivity contribution in [2.75, 3.05) is 26.7 Å². The molecule has 1 amide bonds.